The van der Waals surface area contributed by atoms with Gasteiger partial charge in [0.05, 0.1) is 59.8 Å². The summed E-state index contributed by atoms with van der Waals surface area (Å²) < 4.78 is 35.8. The molecule has 0 aromatic heterocycles. The quantitative estimate of drug-likeness (QED) is 0.0665. The first kappa shape index (κ1) is 54.5. The van der Waals surface area contributed by atoms with E-state index < -0.39 is 64.8 Å². The van der Waals surface area contributed by atoms with Crippen LogP contribution < -0.4 is 0 Å². The van der Waals surface area contributed by atoms with Crippen LogP contribution in [0.4, 0.5) is 0 Å². The molecule has 4 fully saturated rings. The van der Waals surface area contributed by atoms with Gasteiger partial charge in [-0.2, -0.15) is 0 Å². The number of hydrogen-bond acceptors (Lipinski definition) is 10. The van der Waals surface area contributed by atoms with Gasteiger partial charge in [0.15, 0.2) is 11.6 Å². The van der Waals surface area contributed by atoms with E-state index in [0.717, 1.165) is 45.2 Å². The molecular formula is C54H95NO10. The van der Waals surface area contributed by atoms with Crippen molar-refractivity contribution in [3.63, 3.8) is 0 Å². The van der Waals surface area contributed by atoms with Crippen LogP contribution in [0.5, 0.6) is 0 Å². The number of carboxylic acids is 1. The third kappa shape index (κ3) is 12.0. The van der Waals surface area contributed by atoms with Crippen molar-refractivity contribution in [1.82, 2.24) is 4.90 Å². The minimum Gasteiger partial charge on any atom is -0.481 e. The molecule has 0 aliphatic carbocycles. The number of unbranched alkanes of at least 4 members (excludes halogenated alkanes) is 6. The highest BCUT2D eigenvalue weighted by atomic mass is 16.8. The van der Waals surface area contributed by atoms with Crippen molar-refractivity contribution < 1.29 is 48.6 Å². The molecule has 3 N–H and O–H groups in total. The van der Waals surface area contributed by atoms with Crippen molar-refractivity contribution in [2.24, 2.45) is 41.4 Å². The lowest BCUT2D eigenvalue weighted by Crippen LogP contribution is -2.66. The van der Waals surface area contributed by atoms with E-state index in [1.807, 2.05) is 41.5 Å². The molecule has 0 amide bonds. The van der Waals surface area contributed by atoms with E-state index in [2.05, 4.69) is 58.6 Å². The molecule has 4 saturated heterocycles. The van der Waals surface area contributed by atoms with Crippen molar-refractivity contribution >= 4 is 11.8 Å². The minimum atomic E-state index is -1.14. The van der Waals surface area contributed by atoms with Gasteiger partial charge >= 0.3 is 5.97 Å². The summed E-state index contributed by atoms with van der Waals surface area (Å²) in [5.74, 6) is -5.04. The summed E-state index contributed by atoms with van der Waals surface area (Å²) in [7, 11) is 0. The molecule has 5 aliphatic rings. The number of ether oxygens (including phenoxy) is 5. The number of carbonyl (C=O) groups excluding carboxylic acids is 1. The monoisotopic (exact) mass is 918 g/mol. The maximum atomic E-state index is 14.8. The van der Waals surface area contributed by atoms with Crippen LogP contribution in [0.2, 0.25) is 0 Å². The molecule has 0 unspecified atom stereocenters. The molecule has 0 radical (unpaired) electrons. The summed E-state index contributed by atoms with van der Waals surface area (Å²) in [6, 6.07) is -0.146. The standard InChI is InChI=1S/C54H95NO10/c1-13-18-20-22-32-55(33-23-21-19-14-2)44-26-29-53(65-54(44)31-30-51(12,64-54)45-27-28-52(60,17-5)40(11)61-45)37(8)34-36(7)49(63-53)42(16-4)47(57)38(9)46(56)39(10)48-35(6)24-25-43(62-48)41(15-3)50(58)59/h26,29,35-46,48-49,56,60H,13-25,27-28,30-34H2,1-12H3,(H,58,59)/t35-,36-,37+,38-,39-,40-,41+,42-,43+,44-,45+,46+,48+,49-,51-,52+,53-,54-/m0/s1. The second-order valence-corrected chi connectivity index (χ2v) is 22.1. The van der Waals surface area contributed by atoms with E-state index in [1.165, 1.54) is 38.5 Å². The predicted octanol–water partition coefficient (Wildman–Crippen LogP) is 10.7. The Morgan fingerprint density at radius 3 is 2.00 bits per heavy atom. The van der Waals surface area contributed by atoms with Crippen molar-refractivity contribution in [3.05, 3.63) is 12.2 Å². The zero-order valence-corrected chi connectivity index (χ0v) is 43.0. The summed E-state index contributed by atoms with van der Waals surface area (Å²) in [4.78, 5) is 29.5. The van der Waals surface area contributed by atoms with Gasteiger partial charge in [-0.05, 0) is 115 Å². The molecule has 0 bridgehead atoms. The van der Waals surface area contributed by atoms with Gasteiger partial charge < -0.3 is 39.0 Å². The smallest absolute Gasteiger partial charge is 0.309 e. The Morgan fingerprint density at radius 2 is 1.43 bits per heavy atom. The van der Waals surface area contributed by atoms with E-state index in [9.17, 15) is 24.9 Å². The molecule has 65 heavy (non-hydrogen) atoms. The Hall–Kier alpha value is -1.44. The number of carbonyl (C=O) groups is 2. The molecule has 5 heterocycles. The van der Waals surface area contributed by atoms with Crippen LogP contribution in [0.3, 0.4) is 0 Å². The van der Waals surface area contributed by atoms with Gasteiger partial charge in [-0.25, -0.2) is 0 Å². The number of aliphatic carboxylic acids is 1. The molecular weight excluding hydrogens is 823 g/mol. The van der Waals surface area contributed by atoms with E-state index in [4.69, 9.17) is 23.7 Å². The zero-order valence-electron chi connectivity index (χ0n) is 43.0. The Labute approximate surface area is 394 Å². The summed E-state index contributed by atoms with van der Waals surface area (Å²) in [5.41, 5.74) is -1.50. The molecule has 5 aliphatic heterocycles. The van der Waals surface area contributed by atoms with E-state index in [0.29, 0.717) is 44.9 Å². The number of Topliss-reactive ketones (excluding diaryl/α,β-unsaturated/α-hetero) is 1. The fourth-order valence-corrected chi connectivity index (χ4v) is 12.8. The van der Waals surface area contributed by atoms with Gasteiger partial charge in [0.1, 0.15) is 5.78 Å². The summed E-state index contributed by atoms with van der Waals surface area (Å²) in [6.07, 6.45) is 17.8. The zero-order chi connectivity index (χ0) is 47.9. The van der Waals surface area contributed by atoms with E-state index in [1.54, 1.807) is 0 Å². The van der Waals surface area contributed by atoms with E-state index >= 15 is 0 Å². The van der Waals surface area contributed by atoms with Crippen LogP contribution in [0.1, 0.15) is 199 Å². The van der Waals surface area contributed by atoms with E-state index in [-0.39, 0.29) is 53.8 Å². The third-order valence-corrected chi connectivity index (χ3v) is 17.4. The number of hydrogen-bond donors (Lipinski definition) is 3. The average Bonchev–Trinajstić information content (AvgIpc) is 3.62. The highest BCUT2D eigenvalue weighted by molar-refractivity contribution is 5.84. The lowest BCUT2D eigenvalue weighted by molar-refractivity contribution is -0.404. The van der Waals surface area contributed by atoms with Gasteiger partial charge in [-0.15, -0.1) is 0 Å². The Bertz CT molecular complexity index is 1530. The lowest BCUT2D eigenvalue weighted by Gasteiger charge is -2.56. The predicted molar refractivity (Wildman–Crippen MR) is 256 cm³/mol. The maximum absolute atomic E-state index is 14.8. The first-order valence-electron chi connectivity index (χ1n) is 26.8. The van der Waals surface area contributed by atoms with Gasteiger partial charge in [-0.1, -0.05) is 114 Å². The Kier molecular flexibility index (Phi) is 19.7. The van der Waals surface area contributed by atoms with Crippen LogP contribution in [0, 0.1) is 41.4 Å². The molecule has 0 aromatic rings. The fraction of sp³-hybridized carbons (Fsp3) is 0.926. The summed E-state index contributed by atoms with van der Waals surface area (Å²) >= 11 is 0. The van der Waals surface area contributed by atoms with Crippen LogP contribution >= 0.6 is 0 Å². The minimum absolute atomic E-state index is 0.0246. The highest BCUT2D eigenvalue weighted by Gasteiger charge is 2.64. The first-order valence-corrected chi connectivity index (χ1v) is 26.8. The molecule has 11 heteroatoms. The fourth-order valence-electron chi connectivity index (χ4n) is 12.8. The summed E-state index contributed by atoms with van der Waals surface area (Å²) in [6.45, 7) is 26.8. The van der Waals surface area contributed by atoms with Gasteiger partial charge in [0, 0.05) is 30.1 Å². The van der Waals surface area contributed by atoms with Crippen molar-refractivity contribution in [2.75, 3.05) is 13.1 Å². The van der Waals surface area contributed by atoms with Crippen molar-refractivity contribution in [1.29, 1.82) is 0 Å². The SMILES string of the molecule is CCCCCCN(CCCCCC)[C@H]1C=C[C@]2(O[C@H]([C@@H](CC)C(=O)[C@@H](C)[C@@H](O)[C@H](C)[C@@H]3O[C@@H]([C@@H](CC)C(=O)O)CC[C@@H]3C)[C@@H](C)C[C@H]2C)O[C@@]12CC[C@@](C)([C@H]1CC[C@](O)(CC)[C@H](C)O1)O2. The van der Waals surface area contributed by atoms with Crippen LogP contribution in [-0.4, -0.2) is 111 Å². The number of aliphatic hydroxyl groups is 2. The normalized spacial score (nSPS) is 40.0. The molecule has 0 saturated carbocycles. The van der Waals surface area contributed by atoms with Crippen molar-refractivity contribution in [3.8, 4) is 0 Å². The number of nitrogens with zero attached hydrogens (tertiary/aromatic N) is 1. The number of rotatable bonds is 23. The van der Waals surface area contributed by atoms with Crippen LogP contribution in [-0.2, 0) is 33.3 Å². The second-order valence-electron chi connectivity index (χ2n) is 22.1. The number of ketones is 1. The van der Waals surface area contributed by atoms with Gasteiger partial charge in [-0.3, -0.25) is 14.5 Å². The molecule has 0 aromatic carbocycles. The maximum Gasteiger partial charge on any atom is 0.309 e. The molecule has 2 spiro atoms. The Morgan fingerprint density at radius 1 is 0.785 bits per heavy atom. The largest absolute Gasteiger partial charge is 0.481 e. The second kappa shape index (κ2) is 23.4. The summed E-state index contributed by atoms with van der Waals surface area (Å²) in [5, 5.41) is 33.3. The molecule has 18 atom stereocenters. The van der Waals surface area contributed by atoms with Crippen LogP contribution in [0.25, 0.3) is 0 Å². The third-order valence-electron chi connectivity index (χ3n) is 17.4. The lowest BCUT2D eigenvalue weighted by atomic mass is 9.72. The average molecular weight is 918 g/mol. The van der Waals surface area contributed by atoms with Crippen molar-refractivity contribution in [2.45, 2.75) is 264 Å². The van der Waals surface area contributed by atoms with Gasteiger partial charge in [0.2, 0.25) is 0 Å². The van der Waals surface area contributed by atoms with Gasteiger partial charge in [0.25, 0.3) is 0 Å². The topological polar surface area (TPSA) is 144 Å². The first-order chi connectivity index (χ1) is 30.8. The number of carboxylic acid groups (broad SMARTS) is 1. The van der Waals surface area contributed by atoms with Crippen LogP contribution in [0.15, 0.2) is 12.2 Å². The highest BCUT2D eigenvalue weighted by Crippen LogP contribution is 2.55. The molecule has 11 nitrogen and oxygen atoms in total. The molecule has 5 rings (SSSR count). The number of aliphatic hydroxyl groups excluding tert-OH is 1. The molecule has 376 valence electrons. The Balaban J connectivity index is 1.44.